The van der Waals surface area contributed by atoms with Crippen molar-refractivity contribution in [3.05, 3.63) is 58.6 Å². The van der Waals surface area contributed by atoms with Gasteiger partial charge in [-0.1, -0.05) is 35.9 Å². The summed E-state index contributed by atoms with van der Waals surface area (Å²) < 4.78 is 16.8. The van der Waals surface area contributed by atoms with E-state index in [0.717, 1.165) is 34.2 Å². The summed E-state index contributed by atoms with van der Waals surface area (Å²) in [4.78, 5) is 0. The molecule has 0 aromatic heterocycles. The fourth-order valence-electron chi connectivity index (χ4n) is 2.27. The zero-order chi connectivity index (χ0) is 17.2. The summed E-state index contributed by atoms with van der Waals surface area (Å²) in [7, 11) is 1.69. The van der Waals surface area contributed by atoms with Gasteiger partial charge in [-0.15, -0.1) is 0 Å². The maximum absolute atomic E-state index is 6.06. The number of para-hydroxylation sites is 1. The summed E-state index contributed by atoms with van der Waals surface area (Å²) in [6.07, 6.45) is 0. The lowest BCUT2D eigenvalue weighted by atomic mass is 10.1. The molecule has 0 fully saturated rings. The van der Waals surface area contributed by atoms with Gasteiger partial charge in [0.2, 0.25) is 0 Å². The Labute approximate surface area is 148 Å². The Bertz CT molecular complexity index is 617. The molecule has 5 heteroatoms. The summed E-state index contributed by atoms with van der Waals surface area (Å²) in [5.74, 6) is 1.54. The van der Waals surface area contributed by atoms with Gasteiger partial charge in [0.1, 0.15) is 6.61 Å². The maximum atomic E-state index is 6.06. The Hall–Kier alpha value is -1.75. The third kappa shape index (κ3) is 5.71. The predicted octanol–water partition coefficient (Wildman–Crippen LogP) is 4.05. The molecule has 2 rings (SSSR count). The Balaban J connectivity index is 2.09. The summed E-state index contributed by atoms with van der Waals surface area (Å²) in [6, 6.07) is 13.6. The van der Waals surface area contributed by atoms with E-state index >= 15 is 0 Å². The average molecular weight is 350 g/mol. The molecule has 0 aliphatic rings. The first-order valence-corrected chi connectivity index (χ1v) is 8.44. The largest absolute Gasteiger partial charge is 0.490 e. The highest BCUT2D eigenvalue weighted by molar-refractivity contribution is 6.30. The van der Waals surface area contributed by atoms with Gasteiger partial charge in [0, 0.05) is 30.8 Å². The molecular formula is C19H24ClNO3. The second-order valence-electron chi connectivity index (χ2n) is 5.26. The minimum atomic E-state index is 0.465. The van der Waals surface area contributed by atoms with Crippen molar-refractivity contribution in [2.75, 3.05) is 26.9 Å². The molecule has 0 aliphatic carbocycles. The second-order valence-corrected chi connectivity index (χ2v) is 5.70. The minimum absolute atomic E-state index is 0.465. The highest BCUT2D eigenvalue weighted by Crippen LogP contribution is 2.32. The van der Waals surface area contributed by atoms with Crippen LogP contribution in [-0.4, -0.2) is 26.9 Å². The van der Waals surface area contributed by atoms with E-state index in [-0.39, 0.29) is 0 Å². The van der Waals surface area contributed by atoms with Gasteiger partial charge in [0.05, 0.1) is 13.2 Å². The lowest BCUT2D eigenvalue weighted by Crippen LogP contribution is -2.19. The number of hydrogen-bond acceptors (Lipinski definition) is 4. The van der Waals surface area contributed by atoms with E-state index in [4.69, 9.17) is 25.8 Å². The SMILES string of the molecule is CCOc1cccc(CNCCOC)c1OCc1ccc(Cl)cc1. The van der Waals surface area contributed by atoms with Crippen molar-refractivity contribution in [3.63, 3.8) is 0 Å². The van der Waals surface area contributed by atoms with Crippen LogP contribution in [-0.2, 0) is 17.9 Å². The Kier molecular flexibility index (Phi) is 7.89. The standard InChI is InChI=1S/C19H24ClNO3/c1-3-23-18-6-4-5-16(13-21-11-12-22-2)19(18)24-14-15-7-9-17(20)10-8-15/h4-10,21H,3,11-14H2,1-2H3. The predicted molar refractivity (Wildman–Crippen MR) is 97.0 cm³/mol. The van der Waals surface area contributed by atoms with Gasteiger partial charge in [0.15, 0.2) is 11.5 Å². The molecule has 0 amide bonds. The van der Waals surface area contributed by atoms with Gasteiger partial charge in [-0.3, -0.25) is 0 Å². The summed E-state index contributed by atoms with van der Waals surface area (Å²) in [5.41, 5.74) is 2.12. The van der Waals surface area contributed by atoms with Gasteiger partial charge >= 0.3 is 0 Å². The number of nitrogens with one attached hydrogen (secondary N) is 1. The molecule has 0 saturated carbocycles. The van der Waals surface area contributed by atoms with Crippen molar-refractivity contribution in [1.29, 1.82) is 0 Å². The van der Waals surface area contributed by atoms with Crippen LogP contribution < -0.4 is 14.8 Å². The molecule has 0 unspecified atom stereocenters. The van der Waals surface area contributed by atoms with E-state index < -0.39 is 0 Å². The molecule has 2 aromatic carbocycles. The van der Waals surface area contributed by atoms with Crippen molar-refractivity contribution < 1.29 is 14.2 Å². The number of methoxy groups -OCH3 is 1. The molecule has 0 heterocycles. The number of halogens is 1. The van der Waals surface area contributed by atoms with Gasteiger partial charge in [0.25, 0.3) is 0 Å². The van der Waals surface area contributed by atoms with Crippen LogP contribution in [0.1, 0.15) is 18.1 Å². The van der Waals surface area contributed by atoms with Crippen molar-refractivity contribution in [1.82, 2.24) is 5.32 Å². The molecule has 1 N–H and O–H groups in total. The second kappa shape index (κ2) is 10.2. The number of ether oxygens (including phenoxy) is 3. The van der Waals surface area contributed by atoms with Gasteiger partial charge in [-0.25, -0.2) is 0 Å². The molecule has 0 spiro atoms. The van der Waals surface area contributed by atoms with Crippen molar-refractivity contribution >= 4 is 11.6 Å². The van der Waals surface area contributed by atoms with Crippen molar-refractivity contribution in [2.24, 2.45) is 0 Å². The van der Waals surface area contributed by atoms with Crippen LogP contribution in [0.2, 0.25) is 5.02 Å². The summed E-state index contributed by atoms with van der Waals surface area (Å²) >= 11 is 5.92. The van der Waals surface area contributed by atoms with E-state index in [1.165, 1.54) is 0 Å². The van der Waals surface area contributed by atoms with Crippen molar-refractivity contribution in [3.8, 4) is 11.5 Å². The molecule has 0 atom stereocenters. The molecule has 130 valence electrons. The van der Waals surface area contributed by atoms with Gasteiger partial charge in [-0.05, 0) is 30.7 Å². The molecule has 24 heavy (non-hydrogen) atoms. The molecule has 0 bridgehead atoms. The minimum Gasteiger partial charge on any atom is -0.490 e. The number of hydrogen-bond donors (Lipinski definition) is 1. The van der Waals surface area contributed by atoms with E-state index in [9.17, 15) is 0 Å². The fourth-order valence-corrected chi connectivity index (χ4v) is 2.39. The Morgan fingerprint density at radius 2 is 1.83 bits per heavy atom. The molecular weight excluding hydrogens is 326 g/mol. The lowest BCUT2D eigenvalue weighted by molar-refractivity contribution is 0.199. The monoisotopic (exact) mass is 349 g/mol. The van der Waals surface area contributed by atoms with Crippen LogP contribution in [0.3, 0.4) is 0 Å². The highest BCUT2D eigenvalue weighted by atomic mass is 35.5. The zero-order valence-electron chi connectivity index (χ0n) is 14.2. The summed E-state index contributed by atoms with van der Waals surface area (Å²) in [6.45, 7) is 5.18. The molecule has 0 radical (unpaired) electrons. The molecule has 0 saturated heterocycles. The molecule has 0 aliphatic heterocycles. The summed E-state index contributed by atoms with van der Waals surface area (Å²) in [5, 5.41) is 4.06. The molecule has 4 nitrogen and oxygen atoms in total. The van der Waals surface area contributed by atoms with E-state index in [1.54, 1.807) is 7.11 Å². The van der Waals surface area contributed by atoms with Crippen LogP contribution >= 0.6 is 11.6 Å². The quantitative estimate of drug-likeness (QED) is 0.657. The third-order valence-electron chi connectivity index (χ3n) is 3.46. The van der Waals surface area contributed by atoms with Crippen LogP contribution in [0, 0.1) is 0 Å². The zero-order valence-corrected chi connectivity index (χ0v) is 14.9. The average Bonchev–Trinajstić information content (AvgIpc) is 2.60. The van der Waals surface area contributed by atoms with Crippen LogP contribution in [0.4, 0.5) is 0 Å². The van der Waals surface area contributed by atoms with E-state index in [2.05, 4.69) is 5.32 Å². The first-order chi connectivity index (χ1) is 11.7. The lowest BCUT2D eigenvalue weighted by Gasteiger charge is -2.16. The topological polar surface area (TPSA) is 39.7 Å². The first kappa shape index (κ1) is 18.6. The fraction of sp³-hybridized carbons (Fsp3) is 0.368. The van der Waals surface area contributed by atoms with Crippen LogP contribution in [0.15, 0.2) is 42.5 Å². The van der Waals surface area contributed by atoms with Crippen LogP contribution in [0.5, 0.6) is 11.5 Å². The maximum Gasteiger partial charge on any atom is 0.166 e. The molecule has 2 aromatic rings. The third-order valence-corrected chi connectivity index (χ3v) is 3.71. The Morgan fingerprint density at radius 3 is 2.54 bits per heavy atom. The smallest absolute Gasteiger partial charge is 0.166 e. The normalized spacial score (nSPS) is 10.6. The first-order valence-electron chi connectivity index (χ1n) is 8.06. The van der Waals surface area contributed by atoms with E-state index in [1.807, 2.05) is 49.4 Å². The van der Waals surface area contributed by atoms with Gasteiger partial charge < -0.3 is 19.5 Å². The van der Waals surface area contributed by atoms with Gasteiger partial charge in [-0.2, -0.15) is 0 Å². The van der Waals surface area contributed by atoms with E-state index in [0.29, 0.717) is 26.4 Å². The number of rotatable bonds is 10. The number of benzene rings is 2. The Morgan fingerprint density at radius 1 is 1.04 bits per heavy atom. The highest BCUT2D eigenvalue weighted by Gasteiger charge is 2.11. The van der Waals surface area contributed by atoms with Crippen LogP contribution in [0.25, 0.3) is 0 Å². The van der Waals surface area contributed by atoms with Crippen molar-refractivity contribution in [2.45, 2.75) is 20.1 Å².